The maximum atomic E-state index is 12.1. The summed E-state index contributed by atoms with van der Waals surface area (Å²) in [5.41, 5.74) is 7.12. The second-order valence-electron chi connectivity index (χ2n) is 5.31. The van der Waals surface area contributed by atoms with E-state index in [1.54, 1.807) is 18.2 Å². The highest BCUT2D eigenvalue weighted by Crippen LogP contribution is 2.31. The van der Waals surface area contributed by atoms with E-state index in [9.17, 15) is 9.59 Å². The monoisotopic (exact) mass is 275 g/mol. The molecule has 20 heavy (non-hydrogen) atoms. The minimum Gasteiger partial charge on any atom is -0.482 e. The molecule has 2 atom stereocenters. The van der Waals surface area contributed by atoms with Gasteiger partial charge in [-0.25, -0.2) is 0 Å². The molecule has 1 aromatic carbocycles. The minimum absolute atomic E-state index is 0.00186. The van der Waals surface area contributed by atoms with Crippen molar-refractivity contribution >= 4 is 23.2 Å². The number of carbonyl (C=O) groups excluding carboxylic acids is 2. The van der Waals surface area contributed by atoms with Crippen molar-refractivity contribution in [1.29, 1.82) is 0 Å². The number of hydrogen-bond donors (Lipinski definition) is 3. The molecule has 0 aromatic heterocycles. The maximum absolute atomic E-state index is 12.1. The molecule has 3 rings (SSSR count). The normalized spacial score (nSPS) is 24.6. The third kappa shape index (κ3) is 2.60. The molecule has 2 aliphatic rings. The summed E-state index contributed by atoms with van der Waals surface area (Å²) in [6, 6.07) is 5.33. The molecule has 2 amide bonds. The summed E-state index contributed by atoms with van der Waals surface area (Å²) in [7, 11) is 0. The van der Waals surface area contributed by atoms with Crippen LogP contribution in [0.15, 0.2) is 18.2 Å². The van der Waals surface area contributed by atoms with Crippen molar-refractivity contribution in [1.82, 2.24) is 0 Å². The molecule has 1 aliphatic carbocycles. The van der Waals surface area contributed by atoms with Crippen molar-refractivity contribution in [2.24, 2.45) is 11.7 Å². The van der Waals surface area contributed by atoms with Crippen molar-refractivity contribution in [3.8, 4) is 5.75 Å². The van der Waals surface area contributed by atoms with Gasteiger partial charge in [-0.05, 0) is 31.4 Å². The van der Waals surface area contributed by atoms with Crippen molar-refractivity contribution in [3.63, 3.8) is 0 Å². The predicted octanol–water partition coefficient (Wildman–Crippen LogP) is 1.08. The van der Waals surface area contributed by atoms with Gasteiger partial charge in [-0.15, -0.1) is 0 Å². The third-order valence-corrected chi connectivity index (χ3v) is 3.73. The minimum atomic E-state index is -0.172. The first-order valence-corrected chi connectivity index (χ1v) is 6.75. The number of amides is 2. The number of fused-ring (bicyclic) bond motifs is 1. The van der Waals surface area contributed by atoms with Crippen molar-refractivity contribution in [2.45, 2.75) is 25.3 Å². The van der Waals surface area contributed by atoms with Crippen LogP contribution in [-0.4, -0.2) is 24.5 Å². The molecular weight excluding hydrogens is 258 g/mol. The molecule has 1 aromatic rings. The summed E-state index contributed by atoms with van der Waals surface area (Å²) in [5, 5.41) is 5.59. The van der Waals surface area contributed by atoms with E-state index < -0.39 is 0 Å². The summed E-state index contributed by atoms with van der Waals surface area (Å²) in [5.74, 6) is 0.388. The van der Waals surface area contributed by atoms with Crippen LogP contribution in [0.2, 0.25) is 0 Å². The lowest BCUT2D eigenvalue weighted by Gasteiger charge is -2.19. The van der Waals surface area contributed by atoms with Crippen LogP contribution in [0.3, 0.4) is 0 Å². The van der Waals surface area contributed by atoms with Gasteiger partial charge in [-0.3, -0.25) is 9.59 Å². The van der Waals surface area contributed by atoms with E-state index in [1.165, 1.54) is 0 Å². The molecule has 6 nitrogen and oxygen atoms in total. The maximum Gasteiger partial charge on any atom is 0.262 e. The Balaban J connectivity index is 1.69. The molecule has 6 heteroatoms. The quantitative estimate of drug-likeness (QED) is 0.753. The van der Waals surface area contributed by atoms with Gasteiger partial charge in [0.1, 0.15) is 5.75 Å². The zero-order valence-corrected chi connectivity index (χ0v) is 11.0. The fourth-order valence-electron chi connectivity index (χ4n) is 2.65. The number of benzene rings is 1. The fourth-order valence-corrected chi connectivity index (χ4v) is 2.65. The number of carbonyl (C=O) groups is 2. The number of nitrogens with two attached hydrogens (primary N) is 1. The molecule has 0 unspecified atom stereocenters. The number of nitrogens with one attached hydrogen (secondary N) is 2. The number of anilines is 2. The van der Waals surface area contributed by atoms with Crippen LogP contribution >= 0.6 is 0 Å². The van der Waals surface area contributed by atoms with Crippen LogP contribution in [0, 0.1) is 5.92 Å². The molecule has 1 heterocycles. The summed E-state index contributed by atoms with van der Waals surface area (Å²) in [6.45, 7) is 0.00186. The van der Waals surface area contributed by atoms with E-state index in [4.69, 9.17) is 10.5 Å². The first-order valence-electron chi connectivity index (χ1n) is 6.75. The van der Waals surface area contributed by atoms with Crippen LogP contribution in [0.25, 0.3) is 0 Å². The van der Waals surface area contributed by atoms with Crippen LogP contribution < -0.4 is 21.1 Å². The van der Waals surface area contributed by atoms with Gasteiger partial charge in [0.05, 0.1) is 5.69 Å². The molecule has 1 fully saturated rings. The number of rotatable bonds is 2. The second-order valence-corrected chi connectivity index (χ2v) is 5.31. The van der Waals surface area contributed by atoms with Gasteiger partial charge < -0.3 is 21.1 Å². The van der Waals surface area contributed by atoms with Crippen molar-refractivity contribution in [2.75, 3.05) is 17.2 Å². The molecule has 0 saturated heterocycles. The Hall–Kier alpha value is -2.08. The zero-order valence-electron chi connectivity index (χ0n) is 11.0. The predicted molar refractivity (Wildman–Crippen MR) is 74.5 cm³/mol. The Morgan fingerprint density at radius 1 is 1.40 bits per heavy atom. The topological polar surface area (TPSA) is 93.5 Å². The molecule has 1 aliphatic heterocycles. The molecular formula is C14H17N3O3. The summed E-state index contributed by atoms with van der Waals surface area (Å²) < 4.78 is 5.32. The molecule has 0 spiro atoms. The van der Waals surface area contributed by atoms with Crippen LogP contribution in [0.1, 0.15) is 19.3 Å². The lowest BCUT2D eigenvalue weighted by molar-refractivity contribution is -0.120. The van der Waals surface area contributed by atoms with Gasteiger partial charge >= 0.3 is 0 Å². The SMILES string of the molecule is N[C@@H]1CC[C@H](C(=O)Nc2ccc3c(c2)OCC(=O)N3)C1. The van der Waals surface area contributed by atoms with Crippen molar-refractivity contribution in [3.05, 3.63) is 18.2 Å². The number of hydrogen-bond acceptors (Lipinski definition) is 4. The highest BCUT2D eigenvalue weighted by atomic mass is 16.5. The largest absolute Gasteiger partial charge is 0.482 e. The highest BCUT2D eigenvalue weighted by molar-refractivity contribution is 5.97. The first kappa shape index (κ1) is 12.9. The van der Waals surface area contributed by atoms with Gasteiger partial charge in [0.25, 0.3) is 5.91 Å². The van der Waals surface area contributed by atoms with Gasteiger partial charge in [-0.1, -0.05) is 0 Å². The smallest absolute Gasteiger partial charge is 0.262 e. The van der Waals surface area contributed by atoms with Crippen LogP contribution in [0.5, 0.6) is 5.75 Å². The van der Waals surface area contributed by atoms with E-state index in [2.05, 4.69) is 10.6 Å². The summed E-state index contributed by atoms with van der Waals surface area (Å²) in [4.78, 5) is 23.3. The Bertz CT molecular complexity index is 559. The van der Waals surface area contributed by atoms with Crippen molar-refractivity contribution < 1.29 is 14.3 Å². The Labute approximate surface area is 116 Å². The van der Waals surface area contributed by atoms with Crippen LogP contribution in [0.4, 0.5) is 11.4 Å². The standard InChI is InChI=1S/C14H17N3O3/c15-9-2-1-8(5-9)14(19)16-10-3-4-11-12(6-10)20-7-13(18)17-11/h3-4,6,8-9H,1-2,5,7,15H2,(H,16,19)(H,17,18)/t8-,9+/m0/s1. The van der Waals surface area contributed by atoms with Gasteiger partial charge in [0, 0.05) is 23.7 Å². The third-order valence-electron chi connectivity index (χ3n) is 3.73. The van der Waals surface area contributed by atoms with E-state index in [1.807, 2.05) is 0 Å². The summed E-state index contributed by atoms with van der Waals surface area (Å²) >= 11 is 0. The van der Waals surface area contributed by atoms with Gasteiger partial charge in [0.2, 0.25) is 5.91 Å². The average Bonchev–Trinajstić information content (AvgIpc) is 2.86. The molecule has 4 N–H and O–H groups in total. The zero-order chi connectivity index (χ0) is 14.1. The van der Waals surface area contributed by atoms with E-state index in [0.29, 0.717) is 17.1 Å². The highest BCUT2D eigenvalue weighted by Gasteiger charge is 2.28. The Morgan fingerprint density at radius 2 is 2.25 bits per heavy atom. The van der Waals surface area contributed by atoms with E-state index in [-0.39, 0.29) is 30.4 Å². The Kier molecular flexibility index (Phi) is 3.31. The Morgan fingerprint density at radius 3 is 3.00 bits per heavy atom. The van der Waals surface area contributed by atoms with E-state index in [0.717, 1.165) is 19.3 Å². The molecule has 0 bridgehead atoms. The number of ether oxygens (including phenoxy) is 1. The fraction of sp³-hybridized carbons (Fsp3) is 0.429. The van der Waals surface area contributed by atoms with Crippen LogP contribution in [-0.2, 0) is 9.59 Å². The molecule has 106 valence electrons. The van der Waals surface area contributed by atoms with E-state index >= 15 is 0 Å². The first-order chi connectivity index (χ1) is 9.61. The van der Waals surface area contributed by atoms with Gasteiger partial charge in [-0.2, -0.15) is 0 Å². The lowest BCUT2D eigenvalue weighted by atomic mass is 10.1. The summed E-state index contributed by atoms with van der Waals surface area (Å²) in [6.07, 6.45) is 2.48. The molecule has 1 saturated carbocycles. The molecule has 0 radical (unpaired) electrons. The lowest BCUT2D eigenvalue weighted by Crippen LogP contribution is -2.26. The average molecular weight is 275 g/mol. The second kappa shape index (κ2) is 5.13. The van der Waals surface area contributed by atoms with Gasteiger partial charge in [0.15, 0.2) is 6.61 Å².